The van der Waals surface area contributed by atoms with Crippen molar-refractivity contribution in [2.45, 2.75) is 52.2 Å². The number of aliphatic hydroxyl groups is 1. The van der Waals surface area contributed by atoms with Crippen LogP contribution in [0.1, 0.15) is 44.8 Å². The fourth-order valence-electron chi connectivity index (χ4n) is 5.92. The molecule has 202 valence electrons. The highest BCUT2D eigenvalue weighted by Crippen LogP contribution is 2.32. The number of hydrogen-bond donors (Lipinski definition) is 1. The third-order valence-electron chi connectivity index (χ3n) is 8.57. The maximum atomic E-state index is 10.7. The van der Waals surface area contributed by atoms with Crippen LogP contribution in [-0.2, 0) is 18.3 Å². The summed E-state index contributed by atoms with van der Waals surface area (Å²) in [5.41, 5.74) is 2.99. The molecule has 0 bridgehead atoms. The summed E-state index contributed by atoms with van der Waals surface area (Å²) in [4.78, 5) is 24.7. The van der Waals surface area contributed by atoms with Gasteiger partial charge in [0.2, 0.25) is 5.95 Å². The van der Waals surface area contributed by atoms with Crippen molar-refractivity contribution in [2.24, 2.45) is 13.0 Å². The van der Waals surface area contributed by atoms with Gasteiger partial charge in [0.25, 0.3) is 0 Å². The SMILES string of the molecule is CCC(C)(O)C1CCN(Cc2nc3c(N4CCOCC4)nc(-n4c(C)nc5ccccc54)nc3n2C)CC1. The highest BCUT2D eigenvalue weighted by molar-refractivity contribution is 5.86. The number of aryl methyl sites for hydroxylation is 2. The number of para-hydroxylation sites is 2. The molecular weight excluding hydrogens is 480 g/mol. The van der Waals surface area contributed by atoms with E-state index in [1.807, 2.05) is 36.6 Å². The van der Waals surface area contributed by atoms with Crippen LogP contribution in [0.5, 0.6) is 0 Å². The largest absolute Gasteiger partial charge is 0.390 e. The van der Waals surface area contributed by atoms with Crippen LogP contribution in [0.25, 0.3) is 28.1 Å². The molecule has 4 aromatic rings. The molecule has 0 amide bonds. The number of piperidine rings is 1. The third kappa shape index (κ3) is 4.44. The quantitative estimate of drug-likeness (QED) is 0.416. The zero-order valence-corrected chi connectivity index (χ0v) is 22.9. The van der Waals surface area contributed by atoms with E-state index in [1.165, 1.54) is 0 Å². The average molecular weight is 519 g/mol. The van der Waals surface area contributed by atoms with Crippen LogP contribution >= 0.6 is 0 Å². The zero-order chi connectivity index (χ0) is 26.4. The van der Waals surface area contributed by atoms with Crippen molar-refractivity contribution in [2.75, 3.05) is 44.3 Å². The molecule has 1 N–H and O–H groups in total. The van der Waals surface area contributed by atoms with Gasteiger partial charge in [-0.1, -0.05) is 19.1 Å². The molecule has 3 aromatic heterocycles. The number of rotatable bonds is 6. The Morgan fingerprint density at radius 2 is 1.76 bits per heavy atom. The van der Waals surface area contributed by atoms with Crippen molar-refractivity contribution in [3.05, 3.63) is 35.9 Å². The van der Waals surface area contributed by atoms with Crippen LogP contribution < -0.4 is 4.90 Å². The Kier molecular flexibility index (Phi) is 6.57. The van der Waals surface area contributed by atoms with E-state index in [-0.39, 0.29) is 0 Å². The van der Waals surface area contributed by atoms with Crippen molar-refractivity contribution in [1.29, 1.82) is 0 Å². The number of aromatic nitrogens is 6. The number of morpholine rings is 1. The third-order valence-corrected chi connectivity index (χ3v) is 8.57. The van der Waals surface area contributed by atoms with Gasteiger partial charge in [-0.3, -0.25) is 9.47 Å². The molecule has 1 atom stereocenters. The summed E-state index contributed by atoms with van der Waals surface area (Å²) in [6, 6.07) is 8.10. The van der Waals surface area contributed by atoms with Gasteiger partial charge >= 0.3 is 0 Å². The second-order valence-corrected chi connectivity index (χ2v) is 11.0. The lowest BCUT2D eigenvalue weighted by Gasteiger charge is -2.39. The number of anilines is 1. The van der Waals surface area contributed by atoms with Crippen LogP contribution in [0.15, 0.2) is 24.3 Å². The molecule has 0 radical (unpaired) electrons. The predicted octanol–water partition coefficient (Wildman–Crippen LogP) is 3.22. The molecule has 1 unspecified atom stereocenters. The second-order valence-electron chi connectivity index (χ2n) is 11.0. The summed E-state index contributed by atoms with van der Waals surface area (Å²) < 4.78 is 9.79. The Labute approximate surface area is 223 Å². The summed E-state index contributed by atoms with van der Waals surface area (Å²) in [6.45, 7) is 11.6. The van der Waals surface area contributed by atoms with Gasteiger partial charge in [0.05, 0.1) is 36.4 Å². The van der Waals surface area contributed by atoms with E-state index in [0.29, 0.717) is 25.1 Å². The smallest absolute Gasteiger partial charge is 0.239 e. The summed E-state index contributed by atoms with van der Waals surface area (Å²) in [7, 11) is 2.05. The summed E-state index contributed by atoms with van der Waals surface area (Å²) in [5.74, 6) is 3.65. The fourth-order valence-corrected chi connectivity index (χ4v) is 5.92. The van der Waals surface area contributed by atoms with Crippen LogP contribution in [0.3, 0.4) is 0 Å². The van der Waals surface area contributed by atoms with Crippen LogP contribution in [0.2, 0.25) is 0 Å². The van der Waals surface area contributed by atoms with E-state index in [0.717, 1.165) is 91.7 Å². The molecule has 5 heterocycles. The maximum absolute atomic E-state index is 10.7. The monoisotopic (exact) mass is 518 g/mol. The van der Waals surface area contributed by atoms with E-state index in [9.17, 15) is 5.11 Å². The normalized spacial score (nSPS) is 19.4. The molecule has 2 saturated heterocycles. The van der Waals surface area contributed by atoms with Gasteiger partial charge in [-0.05, 0) is 64.3 Å². The van der Waals surface area contributed by atoms with Crippen LogP contribution in [-0.4, -0.2) is 84.1 Å². The molecule has 2 aliphatic heterocycles. The van der Waals surface area contributed by atoms with Crippen molar-refractivity contribution < 1.29 is 9.84 Å². The van der Waals surface area contributed by atoms with Crippen molar-refractivity contribution in [1.82, 2.24) is 34.0 Å². The van der Waals surface area contributed by atoms with E-state index in [1.54, 1.807) is 0 Å². The number of likely N-dealkylation sites (tertiary alicyclic amines) is 1. The minimum absolute atomic E-state index is 0.346. The standard InChI is InChI=1S/C28H38N8O2/c1-5-28(3,37)20-10-12-34(13-11-20)18-23-30-24-25(33(23)4)31-27(32-26(24)35-14-16-38-17-15-35)36-19(2)29-21-8-6-7-9-22(21)36/h6-9,20,37H,5,10-18H2,1-4H3. The molecule has 2 aliphatic rings. The van der Waals surface area contributed by atoms with Crippen molar-refractivity contribution in [3.63, 3.8) is 0 Å². The molecule has 0 aliphatic carbocycles. The highest BCUT2D eigenvalue weighted by atomic mass is 16.5. The van der Waals surface area contributed by atoms with E-state index >= 15 is 0 Å². The van der Waals surface area contributed by atoms with Gasteiger partial charge in [-0.2, -0.15) is 9.97 Å². The Hall–Kier alpha value is -3.08. The highest BCUT2D eigenvalue weighted by Gasteiger charge is 2.33. The zero-order valence-electron chi connectivity index (χ0n) is 22.9. The predicted molar refractivity (Wildman–Crippen MR) is 148 cm³/mol. The van der Waals surface area contributed by atoms with Gasteiger partial charge in [-0.25, -0.2) is 9.97 Å². The molecule has 10 nitrogen and oxygen atoms in total. The first kappa shape index (κ1) is 25.2. The van der Waals surface area contributed by atoms with Crippen LogP contribution in [0.4, 0.5) is 5.82 Å². The number of hydrogen-bond acceptors (Lipinski definition) is 8. The molecule has 10 heteroatoms. The van der Waals surface area contributed by atoms with Gasteiger partial charge in [0, 0.05) is 20.1 Å². The van der Waals surface area contributed by atoms with Crippen LogP contribution in [0, 0.1) is 12.8 Å². The van der Waals surface area contributed by atoms with E-state index in [4.69, 9.17) is 24.7 Å². The first-order valence-electron chi connectivity index (χ1n) is 13.8. The molecule has 1 aromatic carbocycles. The molecule has 38 heavy (non-hydrogen) atoms. The lowest BCUT2D eigenvalue weighted by molar-refractivity contribution is -0.0319. The summed E-state index contributed by atoms with van der Waals surface area (Å²) in [5, 5.41) is 10.7. The van der Waals surface area contributed by atoms with E-state index in [2.05, 4.69) is 34.4 Å². The fraction of sp³-hybridized carbons (Fsp3) is 0.571. The molecule has 2 fully saturated rings. The molecule has 0 spiro atoms. The van der Waals surface area contributed by atoms with Crippen molar-refractivity contribution in [3.8, 4) is 5.95 Å². The molecule has 0 saturated carbocycles. The Morgan fingerprint density at radius 1 is 1.03 bits per heavy atom. The lowest BCUT2D eigenvalue weighted by atomic mass is 9.80. The van der Waals surface area contributed by atoms with Gasteiger partial charge in [-0.15, -0.1) is 0 Å². The maximum Gasteiger partial charge on any atom is 0.239 e. The second kappa shape index (κ2) is 9.91. The Bertz CT molecular complexity index is 1440. The molecular formula is C28H38N8O2. The topological polar surface area (TPSA) is 97.4 Å². The van der Waals surface area contributed by atoms with Gasteiger partial charge < -0.3 is 19.3 Å². The minimum atomic E-state index is -0.585. The number of fused-ring (bicyclic) bond motifs is 2. The lowest BCUT2D eigenvalue weighted by Crippen LogP contribution is -2.43. The summed E-state index contributed by atoms with van der Waals surface area (Å²) >= 11 is 0. The number of ether oxygens (including phenoxy) is 1. The Morgan fingerprint density at radius 3 is 2.50 bits per heavy atom. The first-order valence-corrected chi connectivity index (χ1v) is 13.8. The first-order chi connectivity index (χ1) is 18.4. The number of imidazole rings is 2. The summed E-state index contributed by atoms with van der Waals surface area (Å²) in [6.07, 6.45) is 2.79. The molecule has 6 rings (SSSR count). The van der Waals surface area contributed by atoms with Gasteiger partial charge in [0.15, 0.2) is 17.0 Å². The number of nitrogens with zero attached hydrogens (tertiary/aromatic N) is 8. The average Bonchev–Trinajstić information content (AvgIpc) is 3.44. The minimum Gasteiger partial charge on any atom is -0.390 e. The van der Waals surface area contributed by atoms with Crippen molar-refractivity contribution >= 4 is 28.0 Å². The van der Waals surface area contributed by atoms with E-state index < -0.39 is 5.60 Å². The Balaban J connectivity index is 1.38. The van der Waals surface area contributed by atoms with Gasteiger partial charge in [0.1, 0.15) is 11.6 Å². The number of benzene rings is 1.